The Morgan fingerprint density at radius 1 is 0.773 bits per heavy atom. The topological polar surface area (TPSA) is 12.9 Å². The van der Waals surface area contributed by atoms with Gasteiger partial charge >= 0.3 is 0 Å². The van der Waals surface area contributed by atoms with E-state index in [0.29, 0.717) is 0 Å². The van der Waals surface area contributed by atoms with Crippen LogP contribution in [0.2, 0.25) is 0 Å². The van der Waals surface area contributed by atoms with E-state index in [4.69, 9.17) is 4.98 Å². The summed E-state index contributed by atoms with van der Waals surface area (Å²) >= 11 is 1.80. The molecule has 22 heavy (non-hydrogen) atoms. The van der Waals surface area contributed by atoms with Crippen LogP contribution < -0.4 is 0 Å². The number of aryl methyl sites for hydroxylation is 1. The second-order valence-electron chi connectivity index (χ2n) is 5.36. The quantitative estimate of drug-likeness (QED) is 0.431. The molecule has 0 aliphatic carbocycles. The van der Waals surface area contributed by atoms with Crippen molar-refractivity contribution in [3.63, 3.8) is 0 Å². The maximum absolute atomic E-state index is 4.79. The van der Waals surface area contributed by atoms with Crippen molar-refractivity contribution in [2.24, 2.45) is 0 Å². The number of fused-ring (bicyclic) bond motifs is 3. The lowest BCUT2D eigenvalue weighted by Crippen LogP contribution is -1.88. The van der Waals surface area contributed by atoms with Crippen LogP contribution in [0.5, 0.6) is 0 Å². The zero-order valence-electron chi connectivity index (χ0n) is 12.3. The second kappa shape index (κ2) is 5.47. The first-order chi connectivity index (χ1) is 10.8. The molecule has 1 heterocycles. The summed E-state index contributed by atoms with van der Waals surface area (Å²) in [4.78, 5) is 7.31. The van der Waals surface area contributed by atoms with Gasteiger partial charge in [-0.1, -0.05) is 66.4 Å². The predicted octanol–water partition coefficient (Wildman–Crippen LogP) is 5.85. The Bertz CT molecular complexity index is 961. The molecule has 0 N–H and O–H groups in total. The van der Waals surface area contributed by atoms with Crippen molar-refractivity contribution in [3.8, 4) is 0 Å². The van der Waals surface area contributed by atoms with Crippen molar-refractivity contribution in [1.29, 1.82) is 0 Å². The third-order valence-corrected chi connectivity index (χ3v) is 4.83. The zero-order valence-corrected chi connectivity index (χ0v) is 13.1. The van der Waals surface area contributed by atoms with Gasteiger partial charge in [-0.2, -0.15) is 0 Å². The van der Waals surface area contributed by atoms with Crippen molar-refractivity contribution in [3.05, 3.63) is 78.5 Å². The monoisotopic (exact) mass is 301 g/mol. The predicted molar refractivity (Wildman–Crippen MR) is 94.6 cm³/mol. The molecule has 0 spiro atoms. The van der Waals surface area contributed by atoms with Gasteiger partial charge in [0.25, 0.3) is 0 Å². The molecular formula is C20H15NS. The molecular weight excluding hydrogens is 286 g/mol. The molecule has 4 aromatic rings. The minimum absolute atomic E-state index is 1.06. The van der Waals surface area contributed by atoms with E-state index in [-0.39, 0.29) is 0 Å². The molecule has 0 aliphatic rings. The van der Waals surface area contributed by atoms with Crippen molar-refractivity contribution in [2.75, 3.05) is 0 Å². The number of hydrogen-bond donors (Lipinski definition) is 0. The van der Waals surface area contributed by atoms with Gasteiger partial charge in [-0.3, -0.25) is 4.98 Å². The second-order valence-corrected chi connectivity index (χ2v) is 6.48. The van der Waals surface area contributed by atoms with Gasteiger partial charge in [0.05, 0.1) is 5.52 Å². The highest BCUT2D eigenvalue weighted by atomic mass is 32.2. The Kier molecular flexibility index (Phi) is 3.32. The van der Waals surface area contributed by atoms with Crippen molar-refractivity contribution in [2.45, 2.75) is 16.7 Å². The van der Waals surface area contributed by atoms with Crippen molar-refractivity contribution < 1.29 is 0 Å². The highest BCUT2D eigenvalue weighted by molar-refractivity contribution is 7.99. The van der Waals surface area contributed by atoms with E-state index in [9.17, 15) is 0 Å². The minimum atomic E-state index is 1.06. The molecule has 0 atom stereocenters. The summed E-state index contributed by atoms with van der Waals surface area (Å²) in [6, 6.07) is 25.5. The zero-order chi connectivity index (χ0) is 14.9. The summed E-state index contributed by atoms with van der Waals surface area (Å²) in [6.07, 6.45) is 0. The summed E-state index contributed by atoms with van der Waals surface area (Å²) < 4.78 is 0. The Morgan fingerprint density at radius 2 is 1.55 bits per heavy atom. The van der Waals surface area contributed by atoms with E-state index in [1.807, 2.05) is 6.07 Å². The normalized spacial score (nSPS) is 11.1. The van der Waals surface area contributed by atoms with E-state index in [1.165, 1.54) is 25.9 Å². The van der Waals surface area contributed by atoms with Crippen LogP contribution in [0.25, 0.3) is 21.7 Å². The number of benzene rings is 3. The van der Waals surface area contributed by atoms with Crippen LogP contribution >= 0.6 is 11.8 Å². The van der Waals surface area contributed by atoms with Gasteiger partial charge in [-0.25, -0.2) is 0 Å². The van der Waals surface area contributed by atoms with Gasteiger partial charge in [-0.15, -0.1) is 0 Å². The molecule has 0 radical (unpaired) electrons. The Morgan fingerprint density at radius 3 is 2.41 bits per heavy atom. The number of rotatable bonds is 2. The standard InChI is InChI=1S/C20H15NS/c1-14-13-19(22-16-8-3-2-4-9-16)18-12-11-15-7-5-6-10-17(15)20(18)21-14/h2-13H,1H3. The van der Waals surface area contributed by atoms with Crippen LogP contribution in [-0.2, 0) is 0 Å². The maximum Gasteiger partial charge on any atom is 0.0794 e. The van der Waals surface area contributed by atoms with Gasteiger partial charge in [0.15, 0.2) is 0 Å². The molecule has 0 fully saturated rings. The van der Waals surface area contributed by atoms with Crippen LogP contribution in [-0.4, -0.2) is 4.98 Å². The third-order valence-electron chi connectivity index (χ3n) is 3.77. The molecule has 0 amide bonds. The molecule has 106 valence electrons. The van der Waals surface area contributed by atoms with Crippen LogP contribution in [0.1, 0.15) is 5.69 Å². The SMILES string of the molecule is Cc1cc(Sc2ccccc2)c2ccc3ccccc3c2n1. The fraction of sp³-hybridized carbons (Fsp3) is 0.0500. The summed E-state index contributed by atoms with van der Waals surface area (Å²) in [5, 5.41) is 3.68. The lowest BCUT2D eigenvalue weighted by atomic mass is 10.1. The summed E-state index contributed by atoms with van der Waals surface area (Å²) in [7, 11) is 0. The van der Waals surface area contributed by atoms with Crippen molar-refractivity contribution in [1.82, 2.24) is 4.98 Å². The molecule has 0 unspecified atom stereocenters. The summed E-state index contributed by atoms with van der Waals surface area (Å²) in [5.74, 6) is 0. The third kappa shape index (κ3) is 2.36. The molecule has 3 aromatic carbocycles. The number of pyridine rings is 1. The average molecular weight is 301 g/mol. The Hall–Kier alpha value is -2.32. The van der Waals surface area contributed by atoms with Crippen LogP contribution in [0, 0.1) is 6.92 Å². The number of aromatic nitrogens is 1. The fourth-order valence-electron chi connectivity index (χ4n) is 2.75. The molecule has 2 heteroatoms. The molecule has 0 aliphatic heterocycles. The first-order valence-corrected chi connectivity index (χ1v) is 8.15. The average Bonchev–Trinajstić information content (AvgIpc) is 2.55. The van der Waals surface area contributed by atoms with Crippen LogP contribution in [0.15, 0.2) is 82.6 Å². The van der Waals surface area contributed by atoms with E-state index in [1.54, 1.807) is 11.8 Å². The first-order valence-electron chi connectivity index (χ1n) is 7.33. The van der Waals surface area contributed by atoms with E-state index in [0.717, 1.165) is 11.2 Å². The van der Waals surface area contributed by atoms with E-state index < -0.39 is 0 Å². The summed E-state index contributed by atoms with van der Waals surface area (Å²) in [6.45, 7) is 2.07. The highest BCUT2D eigenvalue weighted by Crippen LogP contribution is 2.35. The number of nitrogens with zero attached hydrogens (tertiary/aromatic N) is 1. The Labute approximate surface area is 134 Å². The largest absolute Gasteiger partial charge is 0.252 e. The molecule has 1 aromatic heterocycles. The van der Waals surface area contributed by atoms with Gasteiger partial charge in [0.1, 0.15) is 0 Å². The first kappa shape index (κ1) is 13.4. The molecule has 0 bridgehead atoms. The van der Waals surface area contributed by atoms with Gasteiger partial charge in [0.2, 0.25) is 0 Å². The van der Waals surface area contributed by atoms with E-state index in [2.05, 4.69) is 73.7 Å². The van der Waals surface area contributed by atoms with Gasteiger partial charge in [-0.05, 0) is 30.5 Å². The van der Waals surface area contributed by atoms with Gasteiger partial charge in [0, 0.05) is 26.3 Å². The van der Waals surface area contributed by atoms with E-state index >= 15 is 0 Å². The molecule has 1 nitrogen and oxygen atoms in total. The smallest absolute Gasteiger partial charge is 0.0794 e. The Balaban J connectivity index is 1.97. The fourth-order valence-corrected chi connectivity index (χ4v) is 3.80. The van der Waals surface area contributed by atoms with Crippen LogP contribution in [0.3, 0.4) is 0 Å². The van der Waals surface area contributed by atoms with Crippen LogP contribution in [0.4, 0.5) is 0 Å². The minimum Gasteiger partial charge on any atom is -0.252 e. The van der Waals surface area contributed by atoms with Crippen molar-refractivity contribution >= 4 is 33.4 Å². The van der Waals surface area contributed by atoms with Gasteiger partial charge < -0.3 is 0 Å². The lowest BCUT2D eigenvalue weighted by Gasteiger charge is -2.10. The molecule has 0 saturated carbocycles. The number of hydrogen-bond acceptors (Lipinski definition) is 2. The molecule has 4 rings (SSSR count). The lowest BCUT2D eigenvalue weighted by molar-refractivity contribution is 1.22. The highest BCUT2D eigenvalue weighted by Gasteiger charge is 2.08. The summed E-state index contributed by atoms with van der Waals surface area (Å²) in [5.41, 5.74) is 2.15. The maximum atomic E-state index is 4.79. The molecule has 0 saturated heterocycles.